The molecule has 3 aliphatic rings. The van der Waals surface area contributed by atoms with Crippen molar-refractivity contribution in [2.24, 2.45) is 0 Å². The molecule has 3 heterocycles. The normalized spacial score (nSPS) is 22.4. The Labute approximate surface area is 231 Å². The predicted molar refractivity (Wildman–Crippen MR) is 133 cm³/mol. The van der Waals surface area contributed by atoms with Crippen molar-refractivity contribution in [2.75, 3.05) is 19.6 Å². The lowest BCUT2D eigenvalue weighted by Crippen LogP contribution is -2.54. The van der Waals surface area contributed by atoms with E-state index in [9.17, 15) is 27.6 Å². The van der Waals surface area contributed by atoms with E-state index in [1.807, 2.05) is 4.90 Å². The van der Waals surface area contributed by atoms with Crippen LogP contribution in [0, 0.1) is 0 Å². The number of carbonyl (C=O) groups excluding carboxylic acids is 3. The zero-order valence-corrected chi connectivity index (χ0v) is 21.7. The molecule has 2 aromatic rings. The van der Waals surface area contributed by atoms with Gasteiger partial charge in [-0.2, -0.15) is 13.2 Å². The SMILES string of the molecule is O=C1/C=C/C(=O)ON2C(=O)OC3(CCN(CCC(Oc4ccc(Cl)cc4)c4cccc(C(F)(F)F)c4)CC3)C2O1. The Balaban J connectivity index is 1.28. The molecule has 9 nitrogen and oxygen atoms in total. The first-order valence-corrected chi connectivity index (χ1v) is 12.8. The molecule has 2 unspecified atom stereocenters. The van der Waals surface area contributed by atoms with Crippen molar-refractivity contribution in [2.45, 2.75) is 43.4 Å². The van der Waals surface area contributed by atoms with Crippen LogP contribution in [0.5, 0.6) is 5.75 Å². The van der Waals surface area contributed by atoms with Gasteiger partial charge in [0.1, 0.15) is 11.9 Å². The van der Waals surface area contributed by atoms with E-state index in [2.05, 4.69) is 0 Å². The lowest BCUT2D eigenvalue weighted by molar-refractivity contribution is -0.222. The highest BCUT2D eigenvalue weighted by Gasteiger charge is 2.59. The number of ether oxygens (including phenoxy) is 3. The van der Waals surface area contributed by atoms with Gasteiger partial charge in [0.25, 0.3) is 6.23 Å². The highest BCUT2D eigenvalue weighted by Crippen LogP contribution is 2.40. The van der Waals surface area contributed by atoms with Crippen LogP contribution >= 0.6 is 11.6 Å². The summed E-state index contributed by atoms with van der Waals surface area (Å²) < 4.78 is 57.2. The predicted octanol–water partition coefficient (Wildman–Crippen LogP) is 5.05. The number of hydrogen-bond donors (Lipinski definition) is 0. The maximum absolute atomic E-state index is 13.4. The van der Waals surface area contributed by atoms with Gasteiger partial charge in [0.15, 0.2) is 5.60 Å². The molecule has 2 saturated heterocycles. The first kappa shape index (κ1) is 27.8. The average molecular weight is 581 g/mol. The van der Waals surface area contributed by atoms with E-state index in [0.717, 1.165) is 24.3 Å². The van der Waals surface area contributed by atoms with Crippen LogP contribution in [-0.4, -0.2) is 59.5 Å². The number of hydrogen-bond acceptors (Lipinski definition) is 8. The fourth-order valence-electron chi connectivity index (χ4n) is 4.92. The van der Waals surface area contributed by atoms with Gasteiger partial charge in [-0.25, -0.2) is 14.4 Å². The van der Waals surface area contributed by atoms with E-state index in [-0.39, 0.29) is 12.8 Å². The fraction of sp³-hybridized carbons (Fsp3) is 0.370. The summed E-state index contributed by atoms with van der Waals surface area (Å²) >= 11 is 5.96. The standard InChI is InChI=1S/C27H24ClF3N2O7/c28-19-4-6-20(7-5-19)37-21(17-2-1-3-18(16-17)27(29,30)31)10-13-32-14-11-26(12-15-32)24-33(25(36)39-26)40-23(35)9-8-22(34)38-24/h1-9,16,21,24H,10-15H2/b9-8+. The summed E-state index contributed by atoms with van der Waals surface area (Å²) in [7, 11) is 0. The Kier molecular flexibility index (Phi) is 7.65. The van der Waals surface area contributed by atoms with Crippen molar-refractivity contribution in [3.05, 3.63) is 76.8 Å². The first-order valence-electron chi connectivity index (χ1n) is 12.5. The molecule has 1 spiro atoms. The van der Waals surface area contributed by atoms with Gasteiger partial charge in [0.05, 0.1) is 5.56 Å². The van der Waals surface area contributed by atoms with Crippen molar-refractivity contribution in [1.82, 2.24) is 9.96 Å². The van der Waals surface area contributed by atoms with Crippen molar-refractivity contribution in [3.63, 3.8) is 0 Å². The summed E-state index contributed by atoms with van der Waals surface area (Å²) in [6, 6.07) is 11.6. The second kappa shape index (κ2) is 11.0. The second-order valence-electron chi connectivity index (χ2n) is 9.61. The third-order valence-electron chi connectivity index (χ3n) is 6.99. The van der Waals surface area contributed by atoms with Crippen molar-refractivity contribution in [1.29, 1.82) is 0 Å². The van der Waals surface area contributed by atoms with Crippen molar-refractivity contribution in [3.8, 4) is 5.75 Å². The summed E-state index contributed by atoms with van der Waals surface area (Å²) in [5.41, 5.74) is -1.61. The van der Waals surface area contributed by atoms with E-state index in [4.69, 9.17) is 30.6 Å². The molecule has 3 aliphatic heterocycles. The minimum atomic E-state index is -4.50. The molecule has 0 aliphatic carbocycles. The molecule has 0 aromatic heterocycles. The third-order valence-corrected chi connectivity index (χ3v) is 7.24. The molecular formula is C27H24ClF3N2O7. The molecule has 0 saturated carbocycles. The van der Waals surface area contributed by atoms with Gasteiger partial charge < -0.3 is 23.9 Å². The van der Waals surface area contributed by atoms with Crippen LogP contribution in [0.1, 0.15) is 36.5 Å². The average Bonchev–Trinajstić information content (AvgIpc) is 3.15. The maximum Gasteiger partial charge on any atom is 0.447 e. The van der Waals surface area contributed by atoms with Crippen LogP contribution in [0.15, 0.2) is 60.7 Å². The van der Waals surface area contributed by atoms with E-state index in [1.54, 1.807) is 30.3 Å². The van der Waals surface area contributed by atoms with Gasteiger partial charge in [0.2, 0.25) is 0 Å². The van der Waals surface area contributed by atoms with Gasteiger partial charge in [-0.3, -0.25) is 0 Å². The summed E-state index contributed by atoms with van der Waals surface area (Å²) in [6.07, 6.45) is -4.72. The number of nitrogens with zero attached hydrogens (tertiary/aromatic N) is 2. The number of benzene rings is 2. The third kappa shape index (κ3) is 6.02. The monoisotopic (exact) mass is 580 g/mol. The number of hydroxylamine groups is 2. The Morgan fingerprint density at radius 3 is 2.42 bits per heavy atom. The van der Waals surface area contributed by atoms with E-state index >= 15 is 0 Å². The fourth-order valence-corrected chi connectivity index (χ4v) is 5.05. The molecule has 1 amide bonds. The molecule has 5 rings (SSSR count). The molecule has 212 valence electrons. The minimum absolute atomic E-state index is 0.265. The Hall–Kier alpha value is -3.77. The van der Waals surface area contributed by atoms with E-state index < -0.39 is 47.7 Å². The maximum atomic E-state index is 13.4. The Morgan fingerprint density at radius 1 is 1.02 bits per heavy atom. The van der Waals surface area contributed by atoms with E-state index in [1.165, 1.54) is 6.07 Å². The van der Waals surface area contributed by atoms with Crippen LogP contribution in [0.4, 0.5) is 18.0 Å². The summed E-state index contributed by atoms with van der Waals surface area (Å²) in [5.74, 6) is -1.26. The van der Waals surface area contributed by atoms with E-state index in [0.29, 0.717) is 47.5 Å². The Bertz CT molecular complexity index is 1310. The second-order valence-corrected chi connectivity index (χ2v) is 10.0. The molecule has 0 N–H and O–H groups in total. The zero-order chi connectivity index (χ0) is 28.5. The number of alkyl halides is 3. The van der Waals surface area contributed by atoms with Crippen molar-refractivity contribution < 1.29 is 46.6 Å². The molecule has 13 heteroatoms. The van der Waals surface area contributed by atoms with Gasteiger partial charge in [-0.1, -0.05) is 28.8 Å². The number of piperidine rings is 1. The number of carbonyl (C=O) groups is 3. The zero-order valence-electron chi connectivity index (χ0n) is 20.9. The molecule has 2 aromatic carbocycles. The molecule has 2 fully saturated rings. The quantitative estimate of drug-likeness (QED) is 0.438. The van der Waals surface area contributed by atoms with Crippen LogP contribution in [0.2, 0.25) is 5.02 Å². The molecular weight excluding hydrogens is 557 g/mol. The molecule has 2 atom stereocenters. The highest BCUT2D eigenvalue weighted by molar-refractivity contribution is 6.30. The number of amides is 1. The van der Waals surface area contributed by atoms with Crippen LogP contribution in [-0.2, 0) is 30.1 Å². The number of likely N-dealkylation sites (tertiary alicyclic amines) is 1. The summed E-state index contributed by atoms with van der Waals surface area (Å²) in [4.78, 5) is 43.4. The van der Waals surface area contributed by atoms with Crippen LogP contribution in [0.3, 0.4) is 0 Å². The minimum Gasteiger partial charge on any atom is -0.486 e. The van der Waals surface area contributed by atoms with Gasteiger partial charge in [-0.15, -0.1) is 0 Å². The topological polar surface area (TPSA) is 94.6 Å². The summed E-state index contributed by atoms with van der Waals surface area (Å²) in [6.45, 7) is 1.27. The molecule has 40 heavy (non-hydrogen) atoms. The van der Waals surface area contributed by atoms with Crippen molar-refractivity contribution >= 4 is 29.6 Å². The smallest absolute Gasteiger partial charge is 0.447 e. The van der Waals surface area contributed by atoms with Gasteiger partial charge in [-0.05, 0) is 42.0 Å². The Morgan fingerprint density at radius 2 is 1.73 bits per heavy atom. The van der Waals surface area contributed by atoms with Gasteiger partial charge in [0, 0.05) is 56.1 Å². The largest absolute Gasteiger partial charge is 0.486 e. The lowest BCUT2D eigenvalue weighted by atomic mass is 9.89. The van der Waals surface area contributed by atoms with Gasteiger partial charge >= 0.3 is 24.2 Å². The number of fused-ring (bicyclic) bond motifs is 2. The van der Waals surface area contributed by atoms with Crippen LogP contribution < -0.4 is 4.74 Å². The number of rotatable bonds is 6. The molecule has 0 bridgehead atoms. The summed E-state index contributed by atoms with van der Waals surface area (Å²) in [5, 5.41) is 1.14. The van der Waals surface area contributed by atoms with Crippen LogP contribution in [0.25, 0.3) is 0 Å². The number of esters is 1. The highest BCUT2D eigenvalue weighted by atomic mass is 35.5. The lowest BCUT2D eigenvalue weighted by Gasteiger charge is -2.40. The molecule has 0 radical (unpaired) electrons. The number of halogens is 4. The first-order chi connectivity index (χ1) is 19.0.